The zero-order chi connectivity index (χ0) is 15.6. The lowest BCUT2D eigenvalue weighted by Gasteiger charge is -2.18. The summed E-state index contributed by atoms with van der Waals surface area (Å²) in [5, 5.41) is 10.3. The molecule has 1 heterocycles. The highest BCUT2D eigenvalue weighted by Crippen LogP contribution is 2.35. The van der Waals surface area contributed by atoms with E-state index in [4.69, 9.17) is 4.98 Å². The summed E-state index contributed by atoms with van der Waals surface area (Å²) in [7, 11) is 0. The van der Waals surface area contributed by atoms with E-state index in [9.17, 15) is 5.11 Å². The molecule has 0 unspecified atom stereocenters. The minimum absolute atomic E-state index is 0.121. The third-order valence-electron chi connectivity index (χ3n) is 4.64. The number of hydrogen-bond donors (Lipinski definition) is 1. The first-order chi connectivity index (χ1) is 11.3. The SMILES string of the molecule is O[C@H]1CCC[C@H]1n1cc(-c2ccccc2)nc1-c1ccccc1. The van der Waals surface area contributed by atoms with Gasteiger partial charge in [0, 0.05) is 17.3 Å². The van der Waals surface area contributed by atoms with Crippen LogP contribution in [0.1, 0.15) is 25.3 Å². The summed E-state index contributed by atoms with van der Waals surface area (Å²) in [6.45, 7) is 0. The van der Waals surface area contributed by atoms with Crippen molar-refractivity contribution in [3.8, 4) is 22.6 Å². The van der Waals surface area contributed by atoms with Crippen LogP contribution < -0.4 is 0 Å². The van der Waals surface area contributed by atoms with Crippen molar-refractivity contribution in [3.63, 3.8) is 0 Å². The molecule has 0 aliphatic heterocycles. The maximum atomic E-state index is 10.3. The molecule has 116 valence electrons. The zero-order valence-corrected chi connectivity index (χ0v) is 13.0. The van der Waals surface area contributed by atoms with Crippen LogP contribution in [-0.2, 0) is 0 Å². The fraction of sp³-hybridized carbons (Fsp3) is 0.250. The van der Waals surface area contributed by atoms with Gasteiger partial charge in [-0.1, -0.05) is 60.7 Å². The Bertz CT molecular complexity index is 780. The van der Waals surface area contributed by atoms with Gasteiger partial charge in [-0.3, -0.25) is 0 Å². The second kappa shape index (κ2) is 6.01. The van der Waals surface area contributed by atoms with Crippen molar-refractivity contribution in [2.45, 2.75) is 31.4 Å². The summed E-state index contributed by atoms with van der Waals surface area (Å²) in [6, 6.07) is 20.6. The van der Waals surface area contributed by atoms with Crippen LogP contribution in [0, 0.1) is 0 Å². The van der Waals surface area contributed by atoms with Crippen LogP contribution in [0.2, 0.25) is 0 Å². The van der Waals surface area contributed by atoms with Crippen LogP contribution in [0.5, 0.6) is 0 Å². The molecule has 3 heteroatoms. The maximum absolute atomic E-state index is 10.3. The quantitative estimate of drug-likeness (QED) is 0.783. The predicted octanol–water partition coefficient (Wildman–Crippen LogP) is 4.30. The number of aliphatic hydroxyl groups is 1. The molecule has 0 bridgehead atoms. The van der Waals surface area contributed by atoms with E-state index >= 15 is 0 Å². The molecule has 1 aliphatic rings. The zero-order valence-electron chi connectivity index (χ0n) is 13.0. The van der Waals surface area contributed by atoms with Gasteiger partial charge in [-0.15, -0.1) is 0 Å². The first-order valence-corrected chi connectivity index (χ1v) is 8.21. The largest absolute Gasteiger partial charge is 0.391 e. The third-order valence-corrected chi connectivity index (χ3v) is 4.64. The number of nitrogens with zero attached hydrogens (tertiary/aromatic N) is 2. The van der Waals surface area contributed by atoms with Crippen molar-refractivity contribution in [1.82, 2.24) is 9.55 Å². The lowest BCUT2D eigenvalue weighted by Crippen LogP contribution is -2.18. The lowest BCUT2D eigenvalue weighted by atomic mass is 10.1. The highest BCUT2D eigenvalue weighted by molar-refractivity contribution is 5.65. The average Bonchev–Trinajstić information content (AvgIpc) is 3.22. The van der Waals surface area contributed by atoms with E-state index in [0.717, 1.165) is 41.9 Å². The summed E-state index contributed by atoms with van der Waals surface area (Å²) >= 11 is 0. The summed E-state index contributed by atoms with van der Waals surface area (Å²) < 4.78 is 2.18. The van der Waals surface area contributed by atoms with Crippen molar-refractivity contribution in [1.29, 1.82) is 0 Å². The molecular formula is C20H20N2O. The fourth-order valence-electron chi connectivity index (χ4n) is 3.44. The first-order valence-electron chi connectivity index (χ1n) is 8.21. The monoisotopic (exact) mass is 304 g/mol. The van der Waals surface area contributed by atoms with Gasteiger partial charge in [-0.2, -0.15) is 0 Å². The average molecular weight is 304 g/mol. The standard InChI is InChI=1S/C20H20N2O/c23-19-13-7-12-18(19)22-14-17(15-8-3-1-4-9-15)21-20(22)16-10-5-2-6-11-16/h1-6,8-11,14,18-19,23H,7,12-13H2/t18-,19+/m1/s1. The van der Waals surface area contributed by atoms with Crippen molar-refractivity contribution < 1.29 is 5.11 Å². The van der Waals surface area contributed by atoms with Crippen LogP contribution in [0.3, 0.4) is 0 Å². The van der Waals surface area contributed by atoms with Gasteiger partial charge in [0.1, 0.15) is 5.82 Å². The molecule has 1 aliphatic carbocycles. The highest BCUT2D eigenvalue weighted by atomic mass is 16.3. The van der Waals surface area contributed by atoms with E-state index in [1.54, 1.807) is 0 Å². The Balaban J connectivity index is 1.84. The van der Waals surface area contributed by atoms with Crippen molar-refractivity contribution in [3.05, 3.63) is 66.9 Å². The number of rotatable bonds is 3. The van der Waals surface area contributed by atoms with Crippen molar-refractivity contribution >= 4 is 0 Å². The molecule has 3 nitrogen and oxygen atoms in total. The molecule has 1 fully saturated rings. The molecule has 1 N–H and O–H groups in total. The molecule has 23 heavy (non-hydrogen) atoms. The fourth-order valence-corrected chi connectivity index (χ4v) is 3.44. The lowest BCUT2D eigenvalue weighted by molar-refractivity contribution is 0.137. The number of imidazole rings is 1. The number of aliphatic hydroxyl groups excluding tert-OH is 1. The minimum Gasteiger partial charge on any atom is -0.391 e. The number of benzene rings is 2. The Morgan fingerprint density at radius 3 is 2.13 bits per heavy atom. The van der Waals surface area contributed by atoms with E-state index in [0.29, 0.717) is 0 Å². The normalized spacial score (nSPS) is 20.7. The van der Waals surface area contributed by atoms with Crippen molar-refractivity contribution in [2.75, 3.05) is 0 Å². The van der Waals surface area contributed by atoms with Crippen LogP contribution in [0.4, 0.5) is 0 Å². The van der Waals surface area contributed by atoms with Crippen molar-refractivity contribution in [2.24, 2.45) is 0 Å². The third kappa shape index (κ3) is 2.68. The maximum Gasteiger partial charge on any atom is 0.141 e. The minimum atomic E-state index is -0.282. The van der Waals surface area contributed by atoms with Gasteiger partial charge in [0.15, 0.2) is 0 Å². The van der Waals surface area contributed by atoms with Crippen LogP contribution >= 0.6 is 0 Å². The molecule has 4 rings (SSSR count). The first kappa shape index (κ1) is 14.2. The summed E-state index contributed by atoms with van der Waals surface area (Å²) in [5.74, 6) is 0.940. The van der Waals surface area contributed by atoms with E-state index in [1.807, 2.05) is 36.4 Å². The van der Waals surface area contributed by atoms with Crippen LogP contribution in [0.25, 0.3) is 22.6 Å². The predicted molar refractivity (Wildman–Crippen MR) is 92.0 cm³/mol. The molecule has 0 saturated heterocycles. The van der Waals surface area contributed by atoms with Gasteiger partial charge in [0.05, 0.1) is 17.8 Å². The summed E-state index contributed by atoms with van der Waals surface area (Å²) in [5.41, 5.74) is 3.16. The Labute approximate surface area is 136 Å². The Morgan fingerprint density at radius 2 is 1.52 bits per heavy atom. The van der Waals surface area contributed by atoms with Gasteiger partial charge >= 0.3 is 0 Å². The summed E-state index contributed by atoms with van der Waals surface area (Å²) in [4.78, 5) is 4.88. The van der Waals surface area contributed by atoms with E-state index in [2.05, 4.69) is 35.0 Å². The van der Waals surface area contributed by atoms with Gasteiger partial charge in [-0.25, -0.2) is 4.98 Å². The second-order valence-corrected chi connectivity index (χ2v) is 6.15. The van der Waals surface area contributed by atoms with Gasteiger partial charge in [0.2, 0.25) is 0 Å². The van der Waals surface area contributed by atoms with E-state index in [-0.39, 0.29) is 12.1 Å². The topological polar surface area (TPSA) is 38.0 Å². The molecule has 0 radical (unpaired) electrons. The number of hydrogen-bond acceptors (Lipinski definition) is 2. The Morgan fingerprint density at radius 1 is 0.870 bits per heavy atom. The molecule has 0 spiro atoms. The Hall–Kier alpha value is -2.39. The van der Waals surface area contributed by atoms with E-state index in [1.165, 1.54) is 0 Å². The molecule has 3 aromatic rings. The molecule has 2 aromatic carbocycles. The molecule has 1 aromatic heterocycles. The van der Waals surface area contributed by atoms with Crippen LogP contribution in [-0.4, -0.2) is 20.8 Å². The number of aromatic nitrogens is 2. The van der Waals surface area contributed by atoms with Gasteiger partial charge < -0.3 is 9.67 Å². The second-order valence-electron chi connectivity index (χ2n) is 6.15. The molecule has 0 amide bonds. The Kier molecular flexibility index (Phi) is 3.72. The van der Waals surface area contributed by atoms with Crippen LogP contribution in [0.15, 0.2) is 66.9 Å². The van der Waals surface area contributed by atoms with Gasteiger partial charge in [0.25, 0.3) is 0 Å². The molecule has 1 saturated carbocycles. The molecular weight excluding hydrogens is 284 g/mol. The smallest absolute Gasteiger partial charge is 0.141 e. The molecule has 2 atom stereocenters. The van der Waals surface area contributed by atoms with E-state index < -0.39 is 0 Å². The highest BCUT2D eigenvalue weighted by Gasteiger charge is 2.29. The van der Waals surface area contributed by atoms with Gasteiger partial charge in [-0.05, 0) is 19.3 Å². The summed E-state index contributed by atoms with van der Waals surface area (Å²) in [6.07, 6.45) is 4.76.